The van der Waals surface area contributed by atoms with E-state index >= 15 is 0 Å². The van der Waals surface area contributed by atoms with E-state index < -0.39 is 11.0 Å². The summed E-state index contributed by atoms with van der Waals surface area (Å²) in [5.74, 6) is 0. The van der Waals surface area contributed by atoms with Crippen LogP contribution in [0.15, 0.2) is 66.8 Å². The maximum absolute atomic E-state index is 11.5. The van der Waals surface area contributed by atoms with Gasteiger partial charge in [-0.2, -0.15) is 5.10 Å². The number of rotatable bonds is 6. The first-order valence-corrected chi connectivity index (χ1v) is 9.29. The Kier molecular flexibility index (Phi) is 4.92. The van der Waals surface area contributed by atoms with Gasteiger partial charge in [0.25, 0.3) is 5.69 Å². The third-order valence-electron chi connectivity index (χ3n) is 4.37. The molecule has 0 saturated heterocycles. The van der Waals surface area contributed by atoms with Gasteiger partial charge in [-0.15, -0.1) is 11.3 Å². The van der Waals surface area contributed by atoms with Crippen LogP contribution in [0.3, 0.4) is 0 Å². The fourth-order valence-corrected chi connectivity index (χ4v) is 3.55. The maximum Gasteiger partial charge on any atom is 0.273 e. The molecule has 1 N–H and O–H groups in total. The molecule has 0 aliphatic rings. The van der Waals surface area contributed by atoms with Gasteiger partial charge in [0.1, 0.15) is 12.7 Å². The lowest BCUT2D eigenvalue weighted by Crippen LogP contribution is -2.05. The number of benzene rings is 2. The highest BCUT2D eigenvalue weighted by Crippen LogP contribution is 2.31. The molecule has 0 amide bonds. The van der Waals surface area contributed by atoms with Crippen molar-refractivity contribution < 1.29 is 10.0 Å². The van der Waals surface area contributed by atoms with Gasteiger partial charge >= 0.3 is 0 Å². The smallest absolute Gasteiger partial charge is 0.273 e. The lowest BCUT2D eigenvalue weighted by Gasteiger charge is -2.13. The summed E-state index contributed by atoms with van der Waals surface area (Å²) in [7, 11) is 0. The molecule has 1 atom stereocenters. The fraction of sp³-hybridized carbons (Fsp3) is 0.105. The van der Waals surface area contributed by atoms with Crippen LogP contribution in [0.1, 0.15) is 17.2 Å². The van der Waals surface area contributed by atoms with Gasteiger partial charge in [-0.05, 0) is 17.7 Å². The van der Waals surface area contributed by atoms with Crippen molar-refractivity contribution in [2.45, 2.75) is 12.5 Å². The summed E-state index contributed by atoms with van der Waals surface area (Å²) in [6, 6.07) is 12.2. The number of hydrogen-bond donors (Lipinski definition) is 1. The van der Waals surface area contributed by atoms with Crippen molar-refractivity contribution in [3.05, 3.63) is 88.1 Å². The van der Waals surface area contributed by atoms with Crippen molar-refractivity contribution in [3.8, 4) is 16.1 Å². The molecule has 0 bridgehead atoms. The van der Waals surface area contributed by atoms with Gasteiger partial charge in [-0.1, -0.05) is 24.3 Å². The van der Waals surface area contributed by atoms with E-state index in [4.69, 9.17) is 0 Å². The molecule has 9 heteroatoms. The summed E-state index contributed by atoms with van der Waals surface area (Å²) >= 11 is 1.42. The Balaban J connectivity index is 1.57. The van der Waals surface area contributed by atoms with Gasteiger partial charge in [0.2, 0.25) is 0 Å². The second kappa shape index (κ2) is 7.67. The number of nitro benzene ring substituents is 1. The van der Waals surface area contributed by atoms with Crippen LogP contribution in [-0.4, -0.2) is 29.8 Å². The predicted molar refractivity (Wildman–Crippen MR) is 104 cm³/mol. The van der Waals surface area contributed by atoms with Gasteiger partial charge < -0.3 is 5.11 Å². The molecular formula is C19H15N5O3S. The number of hydrogen-bond acceptors (Lipinski definition) is 7. The first kappa shape index (κ1) is 18.0. The minimum atomic E-state index is -0.863. The van der Waals surface area contributed by atoms with Crippen molar-refractivity contribution in [1.82, 2.24) is 19.7 Å². The number of aliphatic hydroxyl groups excluding tert-OH is 1. The number of aromatic nitrogens is 4. The first-order valence-electron chi connectivity index (χ1n) is 8.41. The Morgan fingerprint density at radius 2 is 2.00 bits per heavy atom. The Labute approximate surface area is 163 Å². The third-order valence-corrected chi connectivity index (χ3v) is 5.20. The summed E-state index contributed by atoms with van der Waals surface area (Å²) in [5.41, 5.74) is 4.37. The summed E-state index contributed by atoms with van der Waals surface area (Å²) in [4.78, 5) is 19.9. The summed E-state index contributed by atoms with van der Waals surface area (Å²) in [6.07, 6.45) is 3.98. The van der Waals surface area contributed by atoms with Gasteiger partial charge in [0, 0.05) is 29.8 Å². The Hall–Kier alpha value is -3.43. The highest BCUT2D eigenvalue weighted by molar-refractivity contribution is 7.13. The Bertz CT molecular complexity index is 1080. The predicted octanol–water partition coefficient (Wildman–Crippen LogP) is 3.58. The molecule has 2 aromatic carbocycles. The van der Waals surface area contributed by atoms with Crippen molar-refractivity contribution >= 4 is 17.0 Å². The number of nitrogens with zero attached hydrogens (tertiary/aromatic N) is 5. The summed E-state index contributed by atoms with van der Waals surface area (Å²) < 4.78 is 1.61. The molecule has 2 aromatic heterocycles. The van der Waals surface area contributed by atoms with E-state index in [0.29, 0.717) is 11.1 Å². The van der Waals surface area contributed by atoms with E-state index in [1.54, 1.807) is 40.9 Å². The average molecular weight is 393 g/mol. The largest absolute Gasteiger partial charge is 0.388 e. The lowest BCUT2D eigenvalue weighted by molar-refractivity contribution is -0.385. The number of thiazole rings is 1. The van der Waals surface area contributed by atoms with Crippen LogP contribution in [-0.2, 0) is 6.42 Å². The molecule has 4 aromatic rings. The van der Waals surface area contributed by atoms with E-state index in [0.717, 1.165) is 16.1 Å². The second-order valence-electron chi connectivity index (χ2n) is 6.12. The Morgan fingerprint density at radius 1 is 1.18 bits per heavy atom. The molecule has 4 rings (SSSR count). The molecule has 140 valence electrons. The molecule has 0 spiro atoms. The summed E-state index contributed by atoms with van der Waals surface area (Å²) in [6.45, 7) is 0. The van der Waals surface area contributed by atoms with Crippen LogP contribution in [0.5, 0.6) is 0 Å². The second-order valence-corrected chi connectivity index (χ2v) is 7.00. The molecular weight excluding hydrogens is 378 g/mol. The zero-order valence-electron chi connectivity index (χ0n) is 14.5. The van der Waals surface area contributed by atoms with Crippen LogP contribution in [0.2, 0.25) is 0 Å². The highest BCUT2D eigenvalue weighted by Gasteiger charge is 2.19. The van der Waals surface area contributed by atoms with Crippen molar-refractivity contribution in [2.75, 3.05) is 0 Å². The standard InChI is InChI=1S/C19H15N5O3S/c25-18(13-3-5-16(6-4-13)23-11-21-10-22-23)8-14-1-2-15(7-17(14)24(26)27)19-9-20-12-28-19/h1-7,9-12,18,25H,8H2. The van der Waals surface area contributed by atoms with E-state index in [1.165, 1.54) is 23.7 Å². The molecule has 0 fully saturated rings. The SMILES string of the molecule is O=[N+]([O-])c1cc(-c2cncs2)ccc1CC(O)c1ccc(-n2cncn2)cc1. The third kappa shape index (κ3) is 3.66. The van der Waals surface area contributed by atoms with Gasteiger partial charge in [0.05, 0.1) is 27.1 Å². The van der Waals surface area contributed by atoms with Crippen LogP contribution >= 0.6 is 11.3 Å². The van der Waals surface area contributed by atoms with Gasteiger partial charge in [-0.3, -0.25) is 15.1 Å². The van der Waals surface area contributed by atoms with E-state index in [1.807, 2.05) is 18.2 Å². The first-order chi connectivity index (χ1) is 13.6. The quantitative estimate of drug-likeness (QED) is 0.396. The summed E-state index contributed by atoms with van der Waals surface area (Å²) in [5, 5.41) is 26.2. The molecule has 28 heavy (non-hydrogen) atoms. The minimum absolute atomic E-state index is 0.0100. The fourth-order valence-electron chi connectivity index (χ4n) is 2.93. The van der Waals surface area contributed by atoms with E-state index in [9.17, 15) is 15.2 Å². The molecule has 1 unspecified atom stereocenters. The van der Waals surface area contributed by atoms with Crippen LogP contribution in [0, 0.1) is 10.1 Å². The normalized spacial score (nSPS) is 12.0. The zero-order chi connectivity index (χ0) is 19.5. The topological polar surface area (TPSA) is 107 Å². The molecule has 8 nitrogen and oxygen atoms in total. The maximum atomic E-state index is 11.5. The van der Waals surface area contributed by atoms with Crippen molar-refractivity contribution in [1.29, 1.82) is 0 Å². The van der Waals surface area contributed by atoms with E-state index in [-0.39, 0.29) is 12.1 Å². The van der Waals surface area contributed by atoms with Gasteiger partial charge in [0.15, 0.2) is 0 Å². The average Bonchev–Trinajstić information content (AvgIpc) is 3.42. The van der Waals surface area contributed by atoms with E-state index in [2.05, 4.69) is 15.1 Å². The van der Waals surface area contributed by atoms with Crippen LogP contribution in [0.4, 0.5) is 5.69 Å². The van der Waals surface area contributed by atoms with Gasteiger partial charge in [-0.25, -0.2) is 9.67 Å². The molecule has 0 radical (unpaired) electrons. The number of aliphatic hydroxyl groups is 1. The zero-order valence-corrected chi connectivity index (χ0v) is 15.4. The monoisotopic (exact) mass is 393 g/mol. The van der Waals surface area contributed by atoms with Crippen molar-refractivity contribution in [2.24, 2.45) is 0 Å². The number of nitro groups is 1. The molecule has 0 saturated carbocycles. The molecule has 0 aliphatic carbocycles. The molecule has 0 aliphatic heterocycles. The Morgan fingerprint density at radius 3 is 2.64 bits per heavy atom. The molecule has 2 heterocycles. The highest BCUT2D eigenvalue weighted by atomic mass is 32.1. The van der Waals surface area contributed by atoms with Crippen LogP contribution < -0.4 is 0 Å². The van der Waals surface area contributed by atoms with Crippen molar-refractivity contribution in [3.63, 3.8) is 0 Å². The van der Waals surface area contributed by atoms with Crippen LogP contribution in [0.25, 0.3) is 16.1 Å². The minimum Gasteiger partial charge on any atom is -0.388 e. The lowest BCUT2D eigenvalue weighted by atomic mass is 9.98.